The molecule has 0 radical (unpaired) electrons. The lowest BCUT2D eigenvalue weighted by molar-refractivity contribution is 0.0124. The minimum absolute atomic E-state index is 0.469. The highest BCUT2D eigenvalue weighted by molar-refractivity contribution is 5.17. The molecule has 2 aliphatic rings. The van der Waals surface area contributed by atoms with Crippen LogP contribution in [0.15, 0.2) is 16.7 Å². The van der Waals surface area contributed by atoms with Crippen molar-refractivity contribution < 1.29 is 9.15 Å². The molecule has 0 amide bonds. The molecule has 1 saturated carbocycles. The molecule has 2 heterocycles. The Labute approximate surface area is 121 Å². The number of nitrogens with one attached hydrogen (secondary N) is 1. The molecule has 1 saturated heterocycles. The van der Waals surface area contributed by atoms with Crippen LogP contribution in [0.25, 0.3) is 0 Å². The molecule has 20 heavy (non-hydrogen) atoms. The first kappa shape index (κ1) is 14.1. The maximum atomic E-state index is 5.71. The maximum Gasteiger partial charge on any atom is 0.122 e. The third-order valence-electron chi connectivity index (χ3n) is 4.30. The van der Waals surface area contributed by atoms with Gasteiger partial charge in [-0.05, 0) is 38.7 Å². The molecule has 1 aromatic rings. The first-order chi connectivity index (χ1) is 9.85. The Hall–Kier alpha value is -0.840. The highest BCUT2D eigenvalue weighted by Crippen LogP contribution is 2.22. The Balaban J connectivity index is 1.46. The standard InChI is InChI=1S/C16H26N2O2/c1-2-19-15-5-8-18(9-6-15)12-13-7-10-20-16(13)11-17-14-3-4-14/h7,10,14-15,17H,2-6,8-9,11-12H2,1H3. The third kappa shape index (κ3) is 3.84. The monoisotopic (exact) mass is 278 g/mol. The smallest absolute Gasteiger partial charge is 0.122 e. The minimum Gasteiger partial charge on any atom is -0.468 e. The van der Waals surface area contributed by atoms with Gasteiger partial charge in [-0.1, -0.05) is 0 Å². The number of furan rings is 1. The van der Waals surface area contributed by atoms with Crippen LogP contribution in [0, 0.1) is 0 Å². The Kier molecular flexibility index (Phi) is 4.76. The van der Waals surface area contributed by atoms with Crippen molar-refractivity contribution in [1.29, 1.82) is 0 Å². The first-order valence-corrected chi connectivity index (χ1v) is 7.97. The second-order valence-electron chi connectivity index (χ2n) is 5.96. The molecule has 1 aliphatic heterocycles. The van der Waals surface area contributed by atoms with Gasteiger partial charge in [0.1, 0.15) is 5.76 Å². The molecule has 0 spiro atoms. The van der Waals surface area contributed by atoms with Crippen LogP contribution < -0.4 is 5.32 Å². The van der Waals surface area contributed by atoms with E-state index in [1.54, 1.807) is 0 Å². The Bertz CT molecular complexity index is 406. The predicted octanol–water partition coefficient (Wildman–Crippen LogP) is 2.53. The molecule has 2 fully saturated rings. The van der Waals surface area contributed by atoms with E-state index < -0.39 is 0 Å². The zero-order valence-electron chi connectivity index (χ0n) is 12.4. The highest BCUT2D eigenvalue weighted by atomic mass is 16.5. The van der Waals surface area contributed by atoms with Gasteiger partial charge in [0.25, 0.3) is 0 Å². The van der Waals surface area contributed by atoms with E-state index in [0.717, 1.165) is 57.4 Å². The lowest BCUT2D eigenvalue weighted by atomic mass is 10.1. The summed E-state index contributed by atoms with van der Waals surface area (Å²) in [5.41, 5.74) is 1.34. The quantitative estimate of drug-likeness (QED) is 0.831. The van der Waals surface area contributed by atoms with E-state index in [-0.39, 0.29) is 0 Å². The number of rotatable bonds is 7. The van der Waals surface area contributed by atoms with E-state index in [1.165, 1.54) is 18.4 Å². The SMILES string of the molecule is CCOC1CCN(Cc2ccoc2CNC2CC2)CC1. The summed E-state index contributed by atoms with van der Waals surface area (Å²) in [5.74, 6) is 1.11. The Morgan fingerprint density at radius 3 is 2.80 bits per heavy atom. The van der Waals surface area contributed by atoms with Crippen LogP contribution in [-0.4, -0.2) is 36.7 Å². The van der Waals surface area contributed by atoms with E-state index >= 15 is 0 Å². The molecule has 0 unspecified atom stereocenters. The van der Waals surface area contributed by atoms with Crippen LogP contribution in [0.1, 0.15) is 43.9 Å². The number of piperidine rings is 1. The highest BCUT2D eigenvalue weighted by Gasteiger charge is 2.23. The number of ether oxygens (including phenoxy) is 1. The summed E-state index contributed by atoms with van der Waals surface area (Å²) in [6, 6.07) is 2.85. The van der Waals surface area contributed by atoms with Gasteiger partial charge in [-0.2, -0.15) is 0 Å². The topological polar surface area (TPSA) is 37.6 Å². The van der Waals surface area contributed by atoms with Crippen molar-refractivity contribution in [2.45, 2.75) is 57.8 Å². The summed E-state index contributed by atoms with van der Waals surface area (Å²) in [6.07, 6.45) is 7.24. The van der Waals surface area contributed by atoms with Crippen molar-refractivity contribution in [3.8, 4) is 0 Å². The van der Waals surface area contributed by atoms with Crippen LogP contribution in [0.2, 0.25) is 0 Å². The van der Waals surface area contributed by atoms with Crippen molar-refractivity contribution >= 4 is 0 Å². The van der Waals surface area contributed by atoms with Gasteiger partial charge in [-0.25, -0.2) is 0 Å². The molecule has 1 aromatic heterocycles. The van der Waals surface area contributed by atoms with Gasteiger partial charge in [0.15, 0.2) is 0 Å². The van der Waals surface area contributed by atoms with Gasteiger partial charge in [0.05, 0.1) is 18.9 Å². The third-order valence-corrected chi connectivity index (χ3v) is 4.30. The molecule has 1 aliphatic carbocycles. The second-order valence-corrected chi connectivity index (χ2v) is 5.96. The second kappa shape index (κ2) is 6.74. The lowest BCUT2D eigenvalue weighted by Crippen LogP contribution is -2.36. The fourth-order valence-corrected chi connectivity index (χ4v) is 2.90. The van der Waals surface area contributed by atoms with E-state index in [2.05, 4.69) is 23.2 Å². The fourth-order valence-electron chi connectivity index (χ4n) is 2.90. The molecule has 1 N–H and O–H groups in total. The number of likely N-dealkylation sites (tertiary alicyclic amines) is 1. The Morgan fingerprint density at radius 2 is 2.10 bits per heavy atom. The molecular weight excluding hydrogens is 252 g/mol. The van der Waals surface area contributed by atoms with Crippen molar-refractivity contribution in [1.82, 2.24) is 10.2 Å². The van der Waals surface area contributed by atoms with E-state index in [9.17, 15) is 0 Å². The van der Waals surface area contributed by atoms with E-state index in [4.69, 9.17) is 9.15 Å². The normalized spacial score (nSPS) is 21.4. The summed E-state index contributed by atoms with van der Waals surface area (Å²) in [7, 11) is 0. The lowest BCUT2D eigenvalue weighted by Gasteiger charge is -2.31. The van der Waals surface area contributed by atoms with E-state index in [1.807, 2.05) is 6.26 Å². The number of hydrogen-bond donors (Lipinski definition) is 1. The molecule has 0 bridgehead atoms. The van der Waals surface area contributed by atoms with Crippen LogP contribution in [-0.2, 0) is 17.8 Å². The number of nitrogens with zero attached hydrogens (tertiary/aromatic N) is 1. The molecule has 0 aromatic carbocycles. The Morgan fingerprint density at radius 1 is 1.30 bits per heavy atom. The molecule has 112 valence electrons. The molecule has 0 atom stereocenters. The van der Waals surface area contributed by atoms with E-state index in [0.29, 0.717) is 6.10 Å². The predicted molar refractivity (Wildman–Crippen MR) is 78.5 cm³/mol. The van der Waals surface area contributed by atoms with Gasteiger partial charge in [0.2, 0.25) is 0 Å². The average molecular weight is 278 g/mol. The van der Waals surface area contributed by atoms with Crippen LogP contribution in [0.5, 0.6) is 0 Å². The van der Waals surface area contributed by atoms with Crippen LogP contribution in [0.3, 0.4) is 0 Å². The largest absolute Gasteiger partial charge is 0.468 e. The van der Waals surface area contributed by atoms with Crippen LogP contribution in [0.4, 0.5) is 0 Å². The van der Waals surface area contributed by atoms with Gasteiger partial charge < -0.3 is 14.5 Å². The molecular formula is C16H26N2O2. The zero-order valence-corrected chi connectivity index (χ0v) is 12.4. The van der Waals surface area contributed by atoms with Crippen molar-refractivity contribution in [3.05, 3.63) is 23.7 Å². The molecule has 3 rings (SSSR count). The van der Waals surface area contributed by atoms with Crippen molar-refractivity contribution in [2.24, 2.45) is 0 Å². The summed E-state index contributed by atoms with van der Waals surface area (Å²) in [5, 5.41) is 3.53. The number of hydrogen-bond acceptors (Lipinski definition) is 4. The summed E-state index contributed by atoms with van der Waals surface area (Å²) in [6.45, 7) is 7.07. The summed E-state index contributed by atoms with van der Waals surface area (Å²) >= 11 is 0. The first-order valence-electron chi connectivity index (χ1n) is 7.97. The summed E-state index contributed by atoms with van der Waals surface area (Å²) < 4.78 is 11.3. The maximum absolute atomic E-state index is 5.71. The van der Waals surface area contributed by atoms with Crippen molar-refractivity contribution in [2.75, 3.05) is 19.7 Å². The van der Waals surface area contributed by atoms with Crippen molar-refractivity contribution in [3.63, 3.8) is 0 Å². The van der Waals surface area contributed by atoms with Gasteiger partial charge >= 0.3 is 0 Å². The van der Waals surface area contributed by atoms with Gasteiger partial charge in [0, 0.05) is 37.8 Å². The zero-order chi connectivity index (χ0) is 13.8. The fraction of sp³-hybridized carbons (Fsp3) is 0.750. The van der Waals surface area contributed by atoms with Gasteiger partial charge in [-0.15, -0.1) is 0 Å². The molecule has 4 nitrogen and oxygen atoms in total. The average Bonchev–Trinajstić information content (AvgIpc) is 3.19. The minimum atomic E-state index is 0.469. The molecule has 4 heteroatoms. The van der Waals surface area contributed by atoms with Crippen LogP contribution >= 0.6 is 0 Å². The summed E-state index contributed by atoms with van der Waals surface area (Å²) in [4.78, 5) is 2.51. The van der Waals surface area contributed by atoms with Gasteiger partial charge in [-0.3, -0.25) is 4.90 Å².